The van der Waals surface area contributed by atoms with Gasteiger partial charge in [-0.3, -0.25) is 4.68 Å². The van der Waals surface area contributed by atoms with Gasteiger partial charge in [-0.05, 0) is 0 Å². The third-order valence-corrected chi connectivity index (χ3v) is 3.03. The van der Waals surface area contributed by atoms with E-state index < -0.39 is 17.8 Å². The van der Waals surface area contributed by atoms with Crippen LogP contribution in [0.1, 0.15) is 16.2 Å². The number of rotatable bonds is 2. The van der Waals surface area contributed by atoms with Gasteiger partial charge in [0.25, 0.3) is 0 Å². The number of alkyl halides is 3. The van der Waals surface area contributed by atoms with E-state index in [0.717, 1.165) is 16.3 Å². The summed E-state index contributed by atoms with van der Waals surface area (Å²) < 4.78 is 38.1. The standard InChI is InChI=1S/C9H6F3N3O2S.Na/c1-15-6(8(16)17)4(2-13-15)7-14-5(3-18-7)9(10,11)12;/h2-3H,1H3,(H,16,17);/q;+1/p-1. The summed E-state index contributed by atoms with van der Waals surface area (Å²) in [6, 6.07) is 0. The zero-order valence-corrected chi connectivity index (χ0v) is 12.7. The number of carboxylic acid groups (broad SMARTS) is 1. The second-order valence-electron chi connectivity index (χ2n) is 3.35. The summed E-state index contributed by atoms with van der Waals surface area (Å²) in [6.07, 6.45) is -3.41. The van der Waals surface area contributed by atoms with Crippen LogP contribution < -0.4 is 34.7 Å². The molecule has 0 N–H and O–H groups in total. The Morgan fingerprint density at radius 1 is 1.47 bits per heavy atom. The molecule has 0 fully saturated rings. The van der Waals surface area contributed by atoms with Gasteiger partial charge >= 0.3 is 35.7 Å². The molecular weight excluding hydrogens is 294 g/mol. The molecule has 19 heavy (non-hydrogen) atoms. The van der Waals surface area contributed by atoms with E-state index in [1.807, 2.05) is 0 Å². The number of thiazole rings is 1. The molecule has 96 valence electrons. The van der Waals surface area contributed by atoms with E-state index >= 15 is 0 Å². The molecule has 0 spiro atoms. The summed E-state index contributed by atoms with van der Waals surface area (Å²) in [4.78, 5) is 14.2. The minimum Gasteiger partial charge on any atom is -0.543 e. The van der Waals surface area contributed by atoms with E-state index in [-0.39, 0.29) is 45.8 Å². The van der Waals surface area contributed by atoms with E-state index in [1.54, 1.807) is 0 Å². The molecule has 2 rings (SSSR count). The molecule has 0 saturated heterocycles. The van der Waals surface area contributed by atoms with Gasteiger partial charge in [0, 0.05) is 12.4 Å². The van der Waals surface area contributed by atoms with Crippen molar-refractivity contribution in [3.05, 3.63) is 23.0 Å². The third-order valence-electron chi connectivity index (χ3n) is 2.16. The fourth-order valence-electron chi connectivity index (χ4n) is 1.36. The maximum Gasteiger partial charge on any atom is 1.00 e. The molecule has 2 aromatic rings. The molecule has 0 unspecified atom stereocenters. The number of carboxylic acids is 1. The zero-order chi connectivity index (χ0) is 13.5. The number of aromatic nitrogens is 3. The van der Waals surface area contributed by atoms with Crippen molar-refractivity contribution in [3.63, 3.8) is 0 Å². The SMILES string of the molecule is Cn1ncc(-c2nc(C(F)(F)F)cs2)c1C(=O)[O-].[Na+]. The Labute approximate surface area is 131 Å². The molecule has 0 radical (unpaired) electrons. The Bertz CT molecular complexity index is 608. The van der Waals surface area contributed by atoms with Gasteiger partial charge in [-0.15, -0.1) is 11.3 Å². The molecule has 2 aromatic heterocycles. The summed E-state index contributed by atoms with van der Waals surface area (Å²) in [5.74, 6) is -1.52. The van der Waals surface area contributed by atoms with Gasteiger partial charge in [-0.25, -0.2) is 4.98 Å². The summed E-state index contributed by atoms with van der Waals surface area (Å²) in [7, 11) is 1.35. The van der Waals surface area contributed by atoms with Crippen LogP contribution in [0.25, 0.3) is 10.6 Å². The molecule has 0 atom stereocenters. The molecule has 5 nitrogen and oxygen atoms in total. The first-order chi connectivity index (χ1) is 8.30. The van der Waals surface area contributed by atoms with Crippen LogP contribution in [0.4, 0.5) is 13.2 Å². The van der Waals surface area contributed by atoms with E-state index in [0.29, 0.717) is 11.3 Å². The van der Waals surface area contributed by atoms with Gasteiger partial charge in [0.15, 0.2) is 5.69 Å². The number of hydrogen-bond acceptors (Lipinski definition) is 5. The van der Waals surface area contributed by atoms with Gasteiger partial charge in [-0.1, -0.05) is 0 Å². The van der Waals surface area contributed by atoms with Crippen LogP contribution in [0.5, 0.6) is 0 Å². The second-order valence-corrected chi connectivity index (χ2v) is 4.21. The van der Waals surface area contributed by atoms with Crippen molar-refractivity contribution in [1.29, 1.82) is 0 Å². The molecule has 10 heteroatoms. The quantitative estimate of drug-likeness (QED) is 0.597. The molecule has 0 amide bonds. The van der Waals surface area contributed by atoms with Crippen molar-refractivity contribution in [2.45, 2.75) is 6.18 Å². The smallest absolute Gasteiger partial charge is 0.543 e. The summed E-state index contributed by atoms with van der Waals surface area (Å²) >= 11 is 0.699. The Morgan fingerprint density at radius 3 is 2.58 bits per heavy atom. The number of aryl methyl sites for hydroxylation is 1. The monoisotopic (exact) mass is 299 g/mol. The van der Waals surface area contributed by atoms with Crippen LogP contribution in [0.2, 0.25) is 0 Å². The first-order valence-electron chi connectivity index (χ1n) is 4.57. The number of hydrogen-bond donors (Lipinski definition) is 0. The van der Waals surface area contributed by atoms with E-state index in [1.165, 1.54) is 7.05 Å². The van der Waals surface area contributed by atoms with Crippen molar-refractivity contribution in [1.82, 2.24) is 14.8 Å². The minimum atomic E-state index is -4.56. The van der Waals surface area contributed by atoms with Gasteiger partial charge in [0.05, 0.1) is 23.4 Å². The van der Waals surface area contributed by atoms with Crippen LogP contribution in [0.15, 0.2) is 11.6 Å². The number of halogens is 3. The van der Waals surface area contributed by atoms with Crippen LogP contribution >= 0.6 is 11.3 Å². The van der Waals surface area contributed by atoms with Crippen molar-refractivity contribution < 1.29 is 52.6 Å². The average Bonchev–Trinajstić information content (AvgIpc) is 2.81. The van der Waals surface area contributed by atoms with Crippen LogP contribution in [0.3, 0.4) is 0 Å². The predicted octanol–water partition coefficient (Wildman–Crippen LogP) is -2.07. The van der Waals surface area contributed by atoms with E-state index in [9.17, 15) is 23.1 Å². The molecule has 0 aliphatic rings. The molecule has 0 aliphatic carbocycles. The number of carbonyl (C=O) groups is 1. The zero-order valence-electron chi connectivity index (χ0n) is 9.85. The number of aromatic carboxylic acids is 1. The molecule has 0 aliphatic heterocycles. The van der Waals surface area contributed by atoms with Gasteiger partial charge < -0.3 is 9.90 Å². The van der Waals surface area contributed by atoms with Crippen LogP contribution in [0, 0.1) is 0 Å². The summed E-state index contributed by atoms with van der Waals surface area (Å²) in [5.41, 5.74) is -1.35. The van der Waals surface area contributed by atoms with Gasteiger partial charge in [0.2, 0.25) is 0 Å². The Balaban J connectivity index is 0.00000180. The molecule has 0 saturated carbocycles. The molecule has 2 heterocycles. The predicted molar refractivity (Wildman–Crippen MR) is 53.6 cm³/mol. The van der Waals surface area contributed by atoms with Crippen LogP contribution in [-0.2, 0) is 13.2 Å². The third kappa shape index (κ3) is 3.16. The Morgan fingerprint density at radius 2 is 2.11 bits per heavy atom. The fourth-order valence-corrected chi connectivity index (χ4v) is 2.20. The number of carbonyl (C=O) groups excluding carboxylic acids is 1. The molecule has 0 aromatic carbocycles. The van der Waals surface area contributed by atoms with Crippen molar-refractivity contribution in [2.75, 3.05) is 0 Å². The maximum atomic E-state index is 12.4. The van der Waals surface area contributed by atoms with Gasteiger partial charge in [0.1, 0.15) is 5.01 Å². The Kier molecular flexibility index (Phi) is 4.77. The summed E-state index contributed by atoms with van der Waals surface area (Å²) in [5, 5.41) is 15.3. The molecule has 0 bridgehead atoms. The largest absolute Gasteiger partial charge is 1.00 e. The second kappa shape index (κ2) is 5.61. The number of nitrogens with zero attached hydrogens (tertiary/aromatic N) is 3. The first-order valence-corrected chi connectivity index (χ1v) is 5.45. The van der Waals surface area contributed by atoms with Crippen molar-refractivity contribution in [2.24, 2.45) is 7.05 Å². The first kappa shape index (κ1) is 16.2. The van der Waals surface area contributed by atoms with Crippen LogP contribution in [-0.4, -0.2) is 20.7 Å². The van der Waals surface area contributed by atoms with Gasteiger partial charge in [-0.2, -0.15) is 18.3 Å². The van der Waals surface area contributed by atoms with E-state index in [2.05, 4.69) is 10.1 Å². The normalized spacial score (nSPS) is 11.2. The van der Waals surface area contributed by atoms with Crippen molar-refractivity contribution >= 4 is 17.3 Å². The summed E-state index contributed by atoms with van der Waals surface area (Å²) in [6.45, 7) is 0. The maximum absolute atomic E-state index is 12.4. The fraction of sp³-hybridized carbons (Fsp3) is 0.222. The minimum absolute atomic E-state index is 0. The molecular formula is C9H5F3N3NaO2S. The average molecular weight is 299 g/mol. The Hall–Kier alpha value is -0.900. The van der Waals surface area contributed by atoms with Crippen molar-refractivity contribution in [3.8, 4) is 10.6 Å². The topological polar surface area (TPSA) is 70.8 Å². The van der Waals surface area contributed by atoms with E-state index in [4.69, 9.17) is 0 Å².